The number of hydrogen-bond donors (Lipinski definition) is 1. The van der Waals surface area contributed by atoms with Gasteiger partial charge in [-0.2, -0.15) is 0 Å². The first kappa shape index (κ1) is 14.7. The number of hydrogen-bond acceptors (Lipinski definition) is 2. The monoisotopic (exact) mass is 283 g/mol. The molecule has 1 saturated carbocycles. The zero-order valence-corrected chi connectivity index (χ0v) is 14.8. The average molecular weight is 284 g/mol. The van der Waals surface area contributed by atoms with Crippen LogP contribution in [0.4, 0.5) is 0 Å². The van der Waals surface area contributed by atoms with Crippen LogP contribution in [-0.2, 0) is 0 Å². The van der Waals surface area contributed by atoms with E-state index < -0.39 is 8.24 Å². The SMILES string of the molecule is CC1C(C)C([Si](C)(C)NC(C)(C)C)C2C=CSC12. The maximum Gasteiger partial charge on any atom is 0.123 e. The lowest BCUT2D eigenvalue weighted by molar-refractivity contribution is 0.439. The first-order valence-electron chi connectivity index (χ1n) is 7.25. The number of fused-ring (bicyclic) bond motifs is 1. The molecule has 0 radical (unpaired) electrons. The van der Waals surface area contributed by atoms with Gasteiger partial charge in [0.2, 0.25) is 0 Å². The fourth-order valence-electron chi connectivity index (χ4n) is 4.39. The lowest BCUT2D eigenvalue weighted by Gasteiger charge is -2.41. The Bertz CT molecular complexity index is 345. The second-order valence-electron chi connectivity index (χ2n) is 7.85. The standard InChI is InChI=1S/C15H29NSSi/c1-10-11(2)14(12-8-9-17-13(10)12)18(6,7)16-15(3,4)5/h8-14,16H,1-7H3. The second-order valence-corrected chi connectivity index (χ2v) is 13.3. The molecule has 1 aliphatic carbocycles. The Morgan fingerprint density at radius 2 is 1.72 bits per heavy atom. The van der Waals surface area contributed by atoms with Crippen LogP contribution in [0.25, 0.3) is 0 Å². The fourth-order valence-corrected chi connectivity index (χ4v) is 10.9. The van der Waals surface area contributed by atoms with E-state index in [-0.39, 0.29) is 5.54 Å². The topological polar surface area (TPSA) is 12.0 Å². The predicted molar refractivity (Wildman–Crippen MR) is 86.5 cm³/mol. The molecule has 1 fully saturated rings. The summed E-state index contributed by atoms with van der Waals surface area (Å²) in [7, 11) is -1.41. The molecule has 2 aliphatic rings. The Morgan fingerprint density at radius 3 is 2.28 bits per heavy atom. The summed E-state index contributed by atoms with van der Waals surface area (Å²) in [6.07, 6.45) is 2.50. The summed E-state index contributed by atoms with van der Waals surface area (Å²) in [5.41, 5.74) is 1.12. The largest absolute Gasteiger partial charge is 0.332 e. The number of thioether (sulfide) groups is 1. The molecule has 0 spiro atoms. The quantitative estimate of drug-likeness (QED) is 0.750. The molecule has 1 heterocycles. The van der Waals surface area contributed by atoms with Crippen LogP contribution in [0.15, 0.2) is 11.5 Å². The molecule has 0 aromatic carbocycles. The molecule has 0 amide bonds. The molecule has 0 aromatic rings. The second kappa shape index (κ2) is 4.67. The van der Waals surface area contributed by atoms with Crippen LogP contribution in [-0.4, -0.2) is 19.0 Å². The number of nitrogens with one attached hydrogen (secondary N) is 1. The van der Waals surface area contributed by atoms with Crippen LogP contribution in [0.2, 0.25) is 18.6 Å². The van der Waals surface area contributed by atoms with Gasteiger partial charge in [-0.05, 0) is 49.5 Å². The van der Waals surface area contributed by atoms with Gasteiger partial charge in [0.25, 0.3) is 0 Å². The van der Waals surface area contributed by atoms with Crippen LogP contribution >= 0.6 is 11.8 Å². The Hall–Kier alpha value is 0.267. The molecule has 3 heteroatoms. The summed E-state index contributed by atoms with van der Waals surface area (Å²) < 4.78 is 0. The Balaban J connectivity index is 2.23. The van der Waals surface area contributed by atoms with Gasteiger partial charge in [0, 0.05) is 10.8 Å². The predicted octanol–water partition coefficient (Wildman–Crippen LogP) is 4.48. The van der Waals surface area contributed by atoms with Gasteiger partial charge in [-0.25, -0.2) is 0 Å². The van der Waals surface area contributed by atoms with Gasteiger partial charge in [-0.3, -0.25) is 0 Å². The van der Waals surface area contributed by atoms with Gasteiger partial charge < -0.3 is 4.98 Å². The van der Waals surface area contributed by atoms with Crippen LogP contribution in [0.5, 0.6) is 0 Å². The van der Waals surface area contributed by atoms with Crippen LogP contribution in [0.1, 0.15) is 34.6 Å². The minimum absolute atomic E-state index is 0.242. The third-order valence-corrected chi connectivity index (χ3v) is 10.1. The molecule has 104 valence electrons. The van der Waals surface area contributed by atoms with Gasteiger partial charge in [0.05, 0.1) is 0 Å². The van der Waals surface area contributed by atoms with Crippen LogP contribution in [0, 0.1) is 17.8 Å². The van der Waals surface area contributed by atoms with E-state index in [9.17, 15) is 0 Å². The minimum atomic E-state index is -1.41. The summed E-state index contributed by atoms with van der Waals surface area (Å²) >= 11 is 2.08. The lowest BCUT2D eigenvalue weighted by Crippen LogP contribution is -2.58. The van der Waals surface area contributed by atoms with Crippen LogP contribution < -0.4 is 4.98 Å². The maximum absolute atomic E-state index is 4.00. The molecule has 1 N–H and O–H groups in total. The molecule has 2 rings (SSSR count). The van der Waals surface area contributed by atoms with Gasteiger partial charge in [-0.1, -0.05) is 33.0 Å². The highest BCUT2D eigenvalue weighted by Crippen LogP contribution is 2.57. The highest BCUT2D eigenvalue weighted by atomic mass is 32.2. The van der Waals surface area contributed by atoms with E-state index in [0.717, 1.165) is 28.5 Å². The van der Waals surface area contributed by atoms with Gasteiger partial charge in [-0.15, -0.1) is 11.8 Å². The van der Waals surface area contributed by atoms with Crippen molar-refractivity contribution in [2.24, 2.45) is 17.8 Å². The van der Waals surface area contributed by atoms with Crippen LogP contribution in [0.3, 0.4) is 0 Å². The molecule has 0 aromatic heterocycles. The third-order valence-electron chi connectivity index (χ3n) is 4.78. The zero-order valence-electron chi connectivity index (χ0n) is 12.9. The maximum atomic E-state index is 4.00. The smallest absolute Gasteiger partial charge is 0.123 e. The summed E-state index contributed by atoms with van der Waals surface area (Å²) in [4.78, 5) is 4.00. The summed E-state index contributed by atoms with van der Waals surface area (Å²) in [6.45, 7) is 16.9. The Morgan fingerprint density at radius 1 is 1.11 bits per heavy atom. The summed E-state index contributed by atoms with van der Waals surface area (Å²) in [6, 6.07) is 0. The zero-order chi connectivity index (χ0) is 13.7. The highest BCUT2D eigenvalue weighted by molar-refractivity contribution is 8.03. The van der Waals surface area contributed by atoms with Crippen molar-refractivity contribution in [2.45, 2.75) is 64.0 Å². The normalized spacial score (nSPS) is 40.3. The van der Waals surface area contributed by atoms with E-state index in [2.05, 4.69) is 75.9 Å². The first-order valence-corrected chi connectivity index (χ1v) is 11.3. The molecule has 0 saturated heterocycles. The van der Waals surface area contributed by atoms with E-state index in [1.165, 1.54) is 0 Å². The summed E-state index contributed by atoms with van der Waals surface area (Å²) in [5, 5.41) is 3.20. The van der Waals surface area contributed by atoms with Crippen molar-refractivity contribution in [1.29, 1.82) is 0 Å². The molecular weight excluding hydrogens is 254 g/mol. The van der Waals surface area contributed by atoms with Crippen molar-refractivity contribution in [1.82, 2.24) is 4.98 Å². The Kier molecular flexibility index (Phi) is 3.81. The van der Waals surface area contributed by atoms with E-state index in [1.54, 1.807) is 0 Å². The van der Waals surface area contributed by atoms with Gasteiger partial charge in [0.1, 0.15) is 8.24 Å². The van der Waals surface area contributed by atoms with Crippen molar-refractivity contribution < 1.29 is 0 Å². The van der Waals surface area contributed by atoms with Crippen molar-refractivity contribution in [2.75, 3.05) is 0 Å². The highest BCUT2D eigenvalue weighted by Gasteiger charge is 2.53. The number of allylic oxidation sites excluding steroid dienone is 1. The third kappa shape index (κ3) is 2.59. The fraction of sp³-hybridized carbons (Fsp3) is 0.867. The first-order chi connectivity index (χ1) is 8.13. The van der Waals surface area contributed by atoms with Crippen molar-refractivity contribution in [3.8, 4) is 0 Å². The molecule has 0 bridgehead atoms. The van der Waals surface area contributed by atoms with Crippen molar-refractivity contribution in [3.63, 3.8) is 0 Å². The van der Waals surface area contributed by atoms with Gasteiger partial charge in [0.15, 0.2) is 0 Å². The molecule has 1 aliphatic heterocycles. The lowest BCUT2D eigenvalue weighted by atomic mass is 10.0. The molecule has 5 unspecified atom stereocenters. The minimum Gasteiger partial charge on any atom is -0.332 e. The molecule has 18 heavy (non-hydrogen) atoms. The Labute approximate surface area is 118 Å². The average Bonchev–Trinajstić information content (AvgIpc) is 2.67. The molecular formula is C15H29NSSi. The number of rotatable bonds is 2. The van der Waals surface area contributed by atoms with E-state index in [4.69, 9.17) is 0 Å². The van der Waals surface area contributed by atoms with Crippen molar-refractivity contribution in [3.05, 3.63) is 11.5 Å². The van der Waals surface area contributed by atoms with E-state index in [0.29, 0.717) is 0 Å². The van der Waals surface area contributed by atoms with E-state index >= 15 is 0 Å². The van der Waals surface area contributed by atoms with E-state index in [1.807, 2.05) is 0 Å². The molecule has 1 nitrogen and oxygen atoms in total. The summed E-state index contributed by atoms with van der Waals surface area (Å²) in [5.74, 6) is 2.53. The molecule has 5 atom stereocenters. The van der Waals surface area contributed by atoms with Gasteiger partial charge >= 0.3 is 0 Å². The van der Waals surface area contributed by atoms with Crippen molar-refractivity contribution >= 4 is 20.0 Å².